The summed E-state index contributed by atoms with van der Waals surface area (Å²) in [5.74, 6) is 0.0724. The van der Waals surface area contributed by atoms with Crippen LogP contribution in [0.3, 0.4) is 0 Å². The number of carbonyl (C=O) groups is 2. The molecule has 1 saturated carbocycles. The van der Waals surface area contributed by atoms with Crippen LogP contribution in [0.4, 0.5) is 4.79 Å². The monoisotopic (exact) mass is 284 g/mol. The number of carboxylic acids is 1. The third-order valence-electron chi connectivity index (χ3n) is 4.40. The van der Waals surface area contributed by atoms with Gasteiger partial charge in [0.05, 0.1) is 12.0 Å². The van der Waals surface area contributed by atoms with Gasteiger partial charge in [-0.25, -0.2) is 4.79 Å². The predicted molar refractivity (Wildman–Crippen MR) is 78.6 cm³/mol. The van der Waals surface area contributed by atoms with Gasteiger partial charge in [0.25, 0.3) is 0 Å². The first-order chi connectivity index (χ1) is 9.34. The van der Waals surface area contributed by atoms with E-state index in [1.807, 2.05) is 0 Å². The largest absolute Gasteiger partial charge is 0.481 e. The van der Waals surface area contributed by atoms with Crippen molar-refractivity contribution in [1.82, 2.24) is 10.6 Å². The summed E-state index contributed by atoms with van der Waals surface area (Å²) in [5, 5.41) is 14.9. The van der Waals surface area contributed by atoms with Crippen molar-refractivity contribution < 1.29 is 14.7 Å². The zero-order chi connectivity index (χ0) is 15.2. The standard InChI is InChI=1S/C15H28N2O3/c1-11(2)12(3)10-16-14(20)17-15(9-13(18)19)7-5-4-6-8-15/h11-12H,4-10H2,1-3H3,(H,18,19)(H2,16,17,20). The highest BCUT2D eigenvalue weighted by atomic mass is 16.4. The van der Waals surface area contributed by atoms with Crippen LogP contribution in [0, 0.1) is 11.8 Å². The number of amides is 2. The summed E-state index contributed by atoms with van der Waals surface area (Å²) in [5.41, 5.74) is -0.560. The van der Waals surface area contributed by atoms with E-state index < -0.39 is 11.5 Å². The molecular formula is C15H28N2O3. The molecule has 1 aliphatic carbocycles. The lowest BCUT2D eigenvalue weighted by atomic mass is 9.79. The van der Waals surface area contributed by atoms with Gasteiger partial charge in [0, 0.05) is 6.54 Å². The lowest BCUT2D eigenvalue weighted by Gasteiger charge is -2.37. The Morgan fingerprint density at radius 1 is 1.15 bits per heavy atom. The summed E-state index contributed by atoms with van der Waals surface area (Å²) in [6.07, 6.45) is 4.61. The third-order valence-corrected chi connectivity index (χ3v) is 4.40. The Bertz CT molecular complexity index is 336. The molecule has 0 aromatic carbocycles. The summed E-state index contributed by atoms with van der Waals surface area (Å²) in [6, 6.07) is -0.236. The molecular weight excluding hydrogens is 256 g/mol. The number of carbonyl (C=O) groups excluding carboxylic acids is 1. The van der Waals surface area contributed by atoms with Gasteiger partial charge in [-0.1, -0.05) is 40.0 Å². The molecule has 0 heterocycles. The molecule has 2 amide bonds. The van der Waals surface area contributed by atoms with Crippen LogP contribution in [0.2, 0.25) is 0 Å². The van der Waals surface area contributed by atoms with Gasteiger partial charge in [0.1, 0.15) is 0 Å². The van der Waals surface area contributed by atoms with E-state index in [1.54, 1.807) is 0 Å². The third kappa shape index (κ3) is 5.39. The number of urea groups is 1. The predicted octanol–water partition coefficient (Wildman–Crippen LogP) is 2.76. The smallest absolute Gasteiger partial charge is 0.315 e. The maximum atomic E-state index is 12.0. The summed E-state index contributed by atoms with van der Waals surface area (Å²) in [4.78, 5) is 23.0. The highest BCUT2D eigenvalue weighted by Gasteiger charge is 2.35. The second-order valence-corrected chi connectivity index (χ2v) is 6.47. The number of aliphatic carboxylic acids is 1. The van der Waals surface area contributed by atoms with Gasteiger partial charge < -0.3 is 15.7 Å². The summed E-state index contributed by atoms with van der Waals surface area (Å²) in [6.45, 7) is 6.96. The zero-order valence-electron chi connectivity index (χ0n) is 12.9. The van der Waals surface area contributed by atoms with Crippen LogP contribution in [-0.4, -0.2) is 29.2 Å². The molecule has 1 rings (SSSR count). The molecule has 116 valence electrons. The molecule has 1 unspecified atom stereocenters. The summed E-state index contributed by atoms with van der Waals surface area (Å²) >= 11 is 0. The van der Waals surface area contributed by atoms with Crippen LogP contribution in [0.5, 0.6) is 0 Å². The van der Waals surface area contributed by atoms with Gasteiger partial charge in [0.2, 0.25) is 0 Å². The maximum Gasteiger partial charge on any atom is 0.315 e. The van der Waals surface area contributed by atoms with E-state index in [0.29, 0.717) is 18.4 Å². The molecule has 0 aromatic heterocycles. The van der Waals surface area contributed by atoms with E-state index in [1.165, 1.54) is 0 Å². The van der Waals surface area contributed by atoms with Crippen molar-refractivity contribution in [2.75, 3.05) is 6.54 Å². The zero-order valence-corrected chi connectivity index (χ0v) is 12.9. The fourth-order valence-electron chi connectivity index (χ4n) is 2.64. The molecule has 3 N–H and O–H groups in total. The summed E-state index contributed by atoms with van der Waals surface area (Å²) < 4.78 is 0. The normalized spacial score (nSPS) is 19.4. The van der Waals surface area contributed by atoms with Crippen molar-refractivity contribution >= 4 is 12.0 Å². The first-order valence-electron chi connectivity index (χ1n) is 7.62. The van der Waals surface area contributed by atoms with Crippen LogP contribution in [0.25, 0.3) is 0 Å². The second-order valence-electron chi connectivity index (χ2n) is 6.47. The van der Waals surface area contributed by atoms with E-state index in [4.69, 9.17) is 5.11 Å². The van der Waals surface area contributed by atoms with Crippen LogP contribution in [0.1, 0.15) is 59.3 Å². The van der Waals surface area contributed by atoms with Crippen molar-refractivity contribution in [2.45, 2.75) is 64.8 Å². The Morgan fingerprint density at radius 3 is 2.25 bits per heavy atom. The first-order valence-corrected chi connectivity index (χ1v) is 7.62. The van der Waals surface area contributed by atoms with Gasteiger partial charge in [-0.3, -0.25) is 4.79 Å². The Balaban J connectivity index is 2.52. The van der Waals surface area contributed by atoms with Crippen LogP contribution in [-0.2, 0) is 4.79 Å². The van der Waals surface area contributed by atoms with Gasteiger partial charge in [0.15, 0.2) is 0 Å². The molecule has 0 aromatic rings. The molecule has 1 fully saturated rings. The topological polar surface area (TPSA) is 78.4 Å². The van der Waals surface area contributed by atoms with E-state index in [2.05, 4.69) is 31.4 Å². The second kappa shape index (κ2) is 7.50. The Morgan fingerprint density at radius 2 is 1.75 bits per heavy atom. The molecule has 5 nitrogen and oxygen atoms in total. The quantitative estimate of drug-likeness (QED) is 0.701. The molecule has 0 radical (unpaired) electrons. The minimum absolute atomic E-state index is 0.0140. The van der Waals surface area contributed by atoms with Crippen LogP contribution >= 0.6 is 0 Å². The van der Waals surface area contributed by atoms with Crippen molar-refractivity contribution in [3.05, 3.63) is 0 Å². The van der Waals surface area contributed by atoms with Gasteiger partial charge >= 0.3 is 12.0 Å². The van der Waals surface area contributed by atoms with Gasteiger partial charge in [-0.2, -0.15) is 0 Å². The molecule has 5 heteroatoms. The van der Waals surface area contributed by atoms with E-state index in [0.717, 1.165) is 32.1 Å². The van der Waals surface area contributed by atoms with E-state index in [-0.39, 0.29) is 12.5 Å². The average molecular weight is 284 g/mol. The van der Waals surface area contributed by atoms with Crippen LogP contribution < -0.4 is 10.6 Å². The van der Waals surface area contributed by atoms with Crippen molar-refractivity contribution in [3.8, 4) is 0 Å². The Hall–Kier alpha value is -1.26. The van der Waals surface area contributed by atoms with E-state index >= 15 is 0 Å². The average Bonchev–Trinajstić information content (AvgIpc) is 2.35. The Kier molecular flexibility index (Phi) is 6.30. The fraction of sp³-hybridized carbons (Fsp3) is 0.867. The minimum atomic E-state index is -0.845. The van der Waals surface area contributed by atoms with Crippen LogP contribution in [0.15, 0.2) is 0 Å². The molecule has 0 aliphatic heterocycles. The van der Waals surface area contributed by atoms with Crippen molar-refractivity contribution in [1.29, 1.82) is 0 Å². The van der Waals surface area contributed by atoms with Crippen molar-refractivity contribution in [2.24, 2.45) is 11.8 Å². The first kappa shape index (κ1) is 16.8. The Labute approximate surface area is 121 Å². The lowest BCUT2D eigenvalue weighted by molar-refractivity contribution is -0.139. The highest BCUT2D eigenvalue weighted by molar-refractivity contribution is 5.76. The highest BCUT2D eigenvalue weighted by Crippen LogP contribution is 2.31. The van der Waals surface area contributed by atoms with E-state index in [9.17, 15) is 9.59 Å². The number of nitrogens with one attached hydrogen (secondary N) is 2. The summed E-state index contributed by atoms with van der Waals surface area (Å²) in [7, 11) is 0. The van der Waals surface area contributed by atoms with Gasteiger partial charge in [-0.05, 0) is 24.7 Å². The SMILES string of the molecule is CC(C)C(C)CNC(=O)NC1(CC(=O)O)CCCCC1. The lowest BCUT2D eigenvalue weighted by Crippen LogP contribution is -2.54. The molecule has 1 aliphatic rings. The molecule has 20 heavy (non-hydrogen) atoms. The fourth-order valence-corrected chi connectivity index (χ4v) is 2.64. The number of hydrogen-bond acceptors (Lipinski definition) is 2. The minimum Gasteiger partial charge on any atom is -0.481 e. The molecule has 1 atom stereocenters. The number of hydrogen-bond donors (Lipinski definition) is 3. The number of carboxylic acid groups (broad SMARTS) is 1. The van der Waals surface area contributed by atoms with Gasteiger partial charge in [-0.15, -0.1) is 0 Å². The molecule has 0 bridgehead atoms. The maximum absolute atomic E-state index is 12.0. The molecule has 0 saturated heterocycles. The number of rotatable bonds is 6. The molecule has 0 spiro atoms. The van der Waals surface area contributed by atoms with Crippen molar-refractivity contribution in [3.63, 3.8) is 0 Å².